The van der Waals surface area contributed by atoms with Crippen LogP contribution in [-0.2, 0) is 20.9 Å². The zero-order chi connectivity index (χ0) is 15.8. The van der Waals surface area contributed by atoms with Gasteiger partial charge in [-0.25, -0.2) is 4.98 Å². The first kappa shape index (κ1) is 14.8. The van der Waals surface area contributed by atoms with E-state index in [1.165, 1.54) is 0 Å². The van der Waals surface area contributed by atoms with Crippen molar-refractivity contribution in [1.82, 2.24) is 4.98 Å². The van der Waals surface area contributed by atoms with Crippen molar-refractivity contribution in [2.45, 2.75) is 38.7 Å². The Morgan fingerprint density at radius 1 is 1.22 bits per heavy atom. The Morgan fingerprint density at radius 3 is 2.70 bits per heavy atom. The Balaban J connectivity index is 1.39. The lowest BCUT2D eigenvalue weighted by Gasteiger charge is -2.36. The highest BCUT2D eigenvalue weighted by Gasteiger charge is 2.41. The van der Waals surface area contributed by atoms with E-state index in [4.69, 9.17) is 4.74 Å². The second-order valence-electron chi connectivity index (χ2n) is 6.58. The van der Waals surface area contributed by atoms with E-state index in [0.29, 0.717) is 18.6 Å². The summed E-state index contributed by atoms with van der Waals surface area (Å²) >= 11 is 1.56. The van der Waals surface area contributed by atoms with Crippen molar-refractivity contribution in [1.29, 1.82) is 0 Å². The topological polar surface area (TPSA) is 56.3 Å². The molecule has 3 atom stereocenters. The third-order valence-corrected chi connectivity index (χ3v) is 6.07. The van der Waals surface area contributed by atoms with Gasteiger partial charge in [-0.15, -0.1) is 11.3 Å². The molecule has 120 valence electrons. The predicted octanol–water partition coefficient (Wildman–Crippen LogP) is 3.73. The molecule has 0 radical (unpaired) electrons. The minimum Gasteiger partial charge on any atom is -0.458 e. The Morgan fingerprint density at radius 2 is 1.96 bits per heavy atom. The van der Waals surface area contributed by atoms with Crippen molar-refractivity contribution in [2.75, 3.05) is 0 Å². The van der Waals surface area contributed by atoms with Gasteiger partial charge in [-0.1, -0.05) is 18.6 Å². The Hall–Kier alpha value is -1.75. The molecule has 23 heavy (non-hydrogen) atoms. The number of thiazole rings is 1. The SMILES string of the molecule is O=C(OCc1nc2ccccc2s1)C1C[C@H]2CCC[C@@H](C1)C2=O. The quantitative estimate of drug-likeness (QED) is 0.805. The summed E-state index contributed by atoms with van der Waals surface area (Å²) in [6, 6.07) is 7.92. The molecule has 0 aliphatic heterocycles. The van der Waals surface area contributed by atoms with Gasteiger partial charge in [-0.3, -0.25) is 9.59 Å². The van der Waals surface area contributed by atoms with Crippen molar-refractivity contribution in [2.24, 2.45) is 17.8 Å². The van der Waals surface area contributed by atoms with E-state index in [1.54, 1.807) is 11.3 Å². The van der Waals surface area contributed by atoms with E-state index in [0.717, 1.165) is 34.5 Å². The average Bonchev–Trinajstić information content (AvgIpc) is 2.95. The highest BCUT2D eigenvalue weighted by Crippen LogP contribution is 2.40. The Kier molecular flexibility index (Phi) is 3.89. The number of hydrogen-bond donors (Lipinski definition) is 0. The first-order chi connectivity index (χ1) is 11.2. The lowest BCUT2D eigenvalue weighted by Crippen LogP contribution is -2.39. The van der Waals surface area contributed by atoms with E-state index >= 15 is 0 Å². The van der Waals surface area contributed by atoms with Gasteiger partial charge >= 0.3 is 5.97 Å². The van der Waals surface area contributed by atoms with Gasteiger partial charge in [0.05, 0.1) is 16.1 Å². The minimum atomic E-state index is -0.159. The molecule has 4 nitrogen and oxygen atoms in total. The van der Waals surface area contributed by atoms with Crippen LogP contribution in [0, 0.1) is 17.8 Å². The molecule has 0 amide bonds. The molecule has 0 saturated heterocycles. The van der Waals surface area contributed by atoms with Crippen LogP contribution >= 0.6 is 11.3 Å². The fraction of sp³-hybridized carbons (Fsp3) is 0.500. The summed E-state index contributed by atoms with van der Waals surface area (Å²) in [6.07, 6.45) is 4.35. The summed E-state index contributed by atoms with van der Waals surface area (Å²) in [5, 5.41) is 0.826. The minimum absolute atomic E-state index is 0.0856. The first-order valence-electron chi connectivity index (χ1n) is 8.25. The Bertz CT molecular complexity index is 705. The van der Waals surface area contributed by atoms with Crippen LogP contribution in [0.1, 0.15) is 37.1 Å². The van der Waals surface area contributed by atoms with E-state index in [9.17, 15) is 9.59 Å². The molecule has 2 bridgehead atoms. The third-order valence-electron chi connectivity index (χ3n) is 5.06. The maximum atomic E-state index is 12.4. The van der Waals surface area contributed by atoms with Crippen molar-refractivity contribution < 1.29 is 14.3 Å². The molecule has 2 fully saturated rings. The smallest absolute Gasteiger partial charge is 0.309 e. The van der Waals surface area contributed by atoms with Crippen molar-refractivity contribution >= 4 is 33.3 Å². The molecule has 1 aromatic carbocycles. The normalized spacial score (nSPS) is 27.1. The van der Waals surface area contributed by atoms with Crippen LogP contribution in [0.2, 0.25) is 0 Å². The van der Waals surface area contributed by atoms with Crippen LogP contribution in [-0.4, -0.2) is 16.7 Å². The summed E-state index contributed by atoms with van der Waals surface area (Å²) in [6.45, 7) is 0.234. The summed E-state index contributed by atoms with van der Waals surface area (Å²) in [5.74, 6) is 0.280. The molecular formula is C18H19NO3S. The molecule has 0 spiro atoms. The van der Waals surface area contributed by atoms with E-state index in [2.05, 4.69) is 4.98 Å². The number of para-hydroxylation sites is 1. The van der Waals surface area contributed by atoms with Crippen LogP contribution in [0.4, 0.5) is 0 Å². The summed E-state index contributed by atoms with van der Waals surface area (Å²) < 4.78 is 6.60. The number of ether oxygens (including phenoxy) is 1. The number of ketones is 1. The monoisotopic (exact) mass is 329 g/mol. The number of Topliss-reactive ketones (excluding diaryl/α,β-unsaturated/α-hetero) is 1. The van der Waals surface area contributed by atoms with Crippen LogP contribution < -0.4 is 0 Å². The zero-order valence-corrected chi connectivity index (χ0v) is 13.7. The number of nitrogens with zero attached hydrogens (tertiary/aromatic N) is 1. The van der Waals surface area contributed by atoms with Crippen molar-refractivity contribution in [3.05, 3.63) is 29.3 Å². The van der Waals surface area contributed by atoms with Crippen LogP contribution in [0.3, 0.4) is 0 Å². The summed E-state index contributed by atoms with van der Waals surface area (Å²) in [5.41, 5.74) is 0.946. The lowest BCUT2D eigenvalue weighted by atomic mass is 9.67. The molecule has 5 heteroatoms. The first-order valence-corrected chi connectivity index (χ1v) is 9.07. The molecule has 2 aliphatic carbocycles. The Labute approximate surface area is 138 Å². The molecule has 0 N–H and O–H groups in total. The molecule has 4 rings (SSSR count). The van der Waals surface area contributed by atoms with Crippen molar-refractivity contribution in [3.63, 3.8) is 0 Å². The van der Waals surface area contributed by atoms with Gasteiger partial charge in [0.15, 0.2) is 0 Å². The number of carbonyl (C=O) groups is 2. The maximum Gasteiger partial charge on any atom is 0.309 e. The molecule has 1 heterocycles. The fourth-order valence-corrected chi connectivity index (χ4v) is 4.79. The number of fused-ring (bicyclic) bond motifs is 3. The molecule has 2 aliphatic rings. The second-order valence-corrected chi connectivity index (χ2v) is 7.69. The number of carbonyl (C=O) groups excluding carboxylic acids is 2. The number of hydrogen-bond acceptors (Lipinski definition) is 5. The molecule has 1 unspecified atom stereocenters. The van der Waals surface area contributed by atoms with Gasteiger partial charge < -0.3 is 4.74 Å². The average molecular weight is 329 g/mol. The zero-order valence-electron chi connectivity index (χ0n) is 12.9. The molecule has 2 aromatic rings. The fourth-order valence-electron chi connectivity index (χ4n) is 3.90. The number of esters is 1. The highest BCUT2D eigenvalue weighted by molar-refractivity contribution is 7.18. The predicted molar refractivity (Wildman–Crippen MR) is 88.0 cm³/mol. The van der Waals surface area contributed by atoms with E-state index < -0.39 is 0 Å². The maximum absolute atomic E-state index is 12.4. The summed E-state index contributed by atoms with van der Waals surface area (Å²) in [7, 11) is 0. The van der Waals surface area contributed by atoms with Gasteiger partial charge in [0.25, 0.3) is 0 Å². The third kappa shape index (κ3) is 2.90. The summed E-state index contributed by atoms with van der Waals surface area (Å²) in [4.78, 5) is 28.9. The number of benzene rings is 1. The lowest BCUT2D eigenvalue weighted by molar-refractivity contribution is -0.154. The van der Waals surface area contributed by atoms with Crippen LogP contribution in [0.15, 0.2) is 24.3 Å². The van der Waals surface area contributed by atoms with Gasteiger partial charge in [0, 0.05) is 11.8 Å². The van der Waals surface area contributed by atoms with Gasteiger partial charge in [0.1, 0.15) is 17.4 Å². The standard InChI is InChI=1S/C18H19NO3S/c20-17-11-4-3-5-12(17)9-13(8-11)18(21)22-10-16-19-14-6-1-2-7-15(14)23-16/h1-2,6-7,11-13H,3-5,8-10H2/t11-,12+,13?. The van der Waals surface area contributed by atoms with Crippen LogP contribution in [0.25, 0.3) is 10.2 Å². The second kappa shape index (κ2) is 6.04. The van der Waals surface area contributed by atoms with Crippen molar-refractivity contribution in [3.8, 4) is 0 Å². The highest BCUT2D eigenvalue weighted by atomic mass is 32.1. The molecular weight excluding hydrogens is 310 g/mol. The van der Waals surface area contributed by atoms with E-state index in [1.807, 2.05) is 24.3 Å². The molecule has 1 aromatic heterocycles. The number of aromatic nitrogens is 1. The van der Waals surface area contributed by atoms with Gasteiger partial charge in [-0.2, -0.15) is 0 Å². The van der Waals surface area contributed by atoms with Crippen LogP contribution in [0.5, 0.6) is 0 Å². The van der Waals surface area contributed by atoms with Gasteiger partial charge in [0.2, 0.25) is 0 Å². The van der Waals surface area contributed by atoms with E-state index in [-0.39, 0.29) is 30.3 Å². The van der Waals surface area contributed by atoms with Gasteiger partial charge in [-0.05, 0) is 37.8 Å². The largest absolute Gasteiger partial charge is 0.458 e. The molecule has 2 saturated carbocycles. The number of rotatable bonds is 3.